The van der Waals surface area contributed by atoms with E-state index in [1.807, 2.05) is 48.5 Å². The number of hydrogen-bond donors (Lipinski definition) is 2. The van der Waals surface area contributed by atoms with E-state index < -0.39 is 6.10 Å². The number of benzene rings is 2. The molecule has 1 unspecified atom stereocenters. The van der Waals surface area contributed by atoms with E-state index in [0.717, 1.165) is 19.5 Å². The van der Waals surface area contributed by atoms with Crippen LogP contribution in [0.3, 0.4) is 0 Å². The number of amides is 2. The van der Waals surface area contributed by atoms with Crippen molar-refractivity contribution in [3.63, 3.8) is 0 Å². The number of nitrogens with one attached hydrogen (secondary N) is 2. The highest BCUT2D eigenvalue weighted by Gasteiger charge is 2.26. The average Bonchev–Trinajstić information content (AvgIpc) is 2.74. The number of morpholine rings is 1. The monoisotopic (exact) mass is 381 g/mol. The molecule has 0 aromatic heterocycles. The van der Waals surface area contributed by atoms with Crippen molar-refractivity contribution in [1.82, 2.24) is 15.5 Å². The van der Waals surface area contributed by atoms with Crippen LogP contribution in [0.1, 0.15) is 11.1 Å². The molecular weight excluding hydrogens is 354 g/mol. The van der Waals surface area contributed by atoms with Gasteiger partial charge in [-0.05, 0) is 17.5 Å². The summed E-state index contributed by atoms with van der Waals surface area (Å²) in [6.45, 7) is 3.12. The average molecular weight is 381 g/mol. The molecule has 0 aliphatic carbocycles. The van der Waals surface area contributed by atoms with Gasteiger partial charge in [0.15, 0.2) is 0 Å². The lowest BCUT2D eigenvalue weighted by Crippen LogP contribution is -2.51. The molecule has 2 amide bonds. The molecule has 1 atom stereocenters. The number of nitrogens with zero attached hydrogens (tertiary/aromatic N) is 1. The topological polar surface area (TPSA) is 70.7 Å². The maximum Gasteiger partial charge on any atom is 0.250 e. The second-order valence-corrected chi connectivity index (χ2v) is 6.88. The summed E-state index contributed by atoms with van der Waals surface area (Å²) >= 11 is 0. The summed E-state index contributed by atoms with van der Waals surface area (Å²) in [5.41, 5.74) is 2.38. The minimum atomic E-state index is -0.547. The molecule has 0 bridgehead atoms. The molecule has 0 spiro atoms. The van der Waals surface area contributed by atoms with E-state index in [0.29, 0.717) is 19.7 Å². The van der Waals surface area contributed by atoms with Crippen molar-refractivity contribution >= 4 is 11.8 Å². The van der Waals surface area contributed by atoms with Crippen LogP contribution < -0.4 is 10.6 Å². The third kappa shape index (κ3) is 6.48. The molecule has 1 fully saturated rings. The maximum absolute atomic E-state index is 12.4. The first-order chi connectivity index (χ1) is 13.7. The molecule has 28 heavy (non-hydrogen) atoms. The van der Waals surface area contributed by atoms with Gasteiger partial charge in [-0.15, -0.1) is 0 Å². The Bertz CT molecular complexity index is 752. The van der Waals surface area contributed by atoms with Crippen molar-refractivity contribution in [2.75, 3.05) is 32.8 Å². The minimum absolute atomic E-state index is 0.0355. The zero-order valence-electron chi connectivity index (χ0n) is 16.0. The highest BCUT2D eigenvalue weighted by Crippen LogP contribution is 2.10. The Labute approximate surface area is 165 Å². The highest BCUT2D eigenvalue weighted by molar-refractivity contribution is 5.87. The van der Waals surface area contributed by atoms with Crippen LogP contribution in [0.25, 0.3) is 0 Å². The van der Waals surface area contributed by atoms with E-state index in [2.05, 4.69) is 27.7 Å². The fraction of sp³-hybridized carbons (Fsp3) is 0.364. The number of hydrogen-bond acceptors (Lipinski definition) is 4. The van der Waals surface area contributed by atoms with Crippen LogP contribution >= 0.6 is 0 Å². The smallest absolute Gasteiger partial charge is 0.250 e. The van der Waals surface area contributed by atoms with Crippen LogP contribution in [0.15, 0.2) is 60.7 Å². The Kier molecular flexibility index (Phi) is 7.58. The molecule has 1 heterocycles. The Balaban J connectivity index is 1.36. The van der Waals surface area contributed by atoms with Crippen molar-refractivity contribution in [3.8, 4) is 0 Å². The van der Waals surface area contributed by atoms with Crippen LogP contribution in [-0.4, -0.2) is 55.6 Å². The molecule has 6 nitrogen and oxygen atoms in total. The number of rotatable bonds is 8. The molecule has 6 heteroatoms. The van der Waals surface area contributed by atoms with E-state index in [4.69, 9.17) is 4.74 Å². The molecule has 2 N–H and O–H groups in total. The highest BCUT2D eigenvalue weighted by atomic mass is 16.5. The molecule has 0 radical (unpaired) electrons. The standard InChI is InChI=1S/C22H27N3O3/c26-21(23-12-11-18-7-3-1-4-8-18)15-24-22(27)20-17-25(13-14-28-20)16-19-9-5-2-6-10-19/h1-10,20H,11-17H2,(H,23,26)(H,24,27). The van der Waals surface area contributed by atoms with Gasteiger partial charge in [0.25, 0.3) is 5.91 Å². The summed E-state index contributed by atoms with van der Waals surface area (Å²) in [7, 11) is 0. The normalized spacial score (nSPS) is 17.1. The fourth-order valence-corrected chi connectivity index (χ4v) is 3.18. The van der Waals surface area contributed by atoms with Gasteiger partial charge >= 0.3 is 0 Å². The van der Waals surface area contributed by atoms with Crippen LogP contribution in [0.2, 0.25) is 0 Å². The Morgan fingerprint density at radius 2 is 1.64 bits per heavy atom. The van der Waals surface area contributed by atoms with E-state index >= 15 is 0 Å². The van der Waals surface area contributed by atoms with Crippen LogP contribution in [0.4, 0.5) is 0 Å². The quantitative estimate of drug-likeness (QED) is 0.724. The third-order valence-electron chi connectivity index (χ3n) is 4.69. The van der Waals surface area contributed by atoms with Crippen molar-refractivity contribution in [1.29, 1.82) is 0 Å². The second-order valence-electron chi connectivity index (χ2n) is 6.88. The maximum atomic E-state index is 12.4. The van der Waals surface area contributed by atoms with Gasteiger partial charge in [0, 0.05) is 26.2 Å². The minimum Gasteiger partial charge on any atom is -0.366 e. The predicted molar refractivity (Wildman–Crippen MR) is 108 cm³/mol. The van der Waals surface area contributed by atoms with Crippen molar-refractivity contribution < 1.29 is 14.3 Å². The molecule has 1 aliphatic heterocycles. The van der Waals surface area contributed by atoms with Gasteiger partial charge in [-0.3, -0.25) is 14.5 Å². The van der Waals surface area contributed by atoms with Gasteiger partial charge in [-0.1, -0.05) is 60.7 Å². The van der Waals surface area contributed by atoms with Crippen molar-refractivity contribution in [3.05, 3.63) is 71.8 Å². The lowest BCUT2D eigenvalue weighted by atomic mass is 10.1. The lowest BCUT2D eigenvalue weighted by Gasteiger charge is -2.32. The Hall–Kier alpha value is -2.70. The van der Waals surface area contributed by atoms with E-state index in [1.54, 1.807) is 0 Å². The molecule has 3 rings (SSSR count). The van der Waals surface area contributed by atoms with E-state index in [-0.39, 0.29) is 18.4 Å². The Morgan fingerprint density at radius 3 is 2.36 bits per heavy atom. The molecular formula is C22H27N3O3. The van der Waals surface area contributed by atoms with E-state index in [1.165, 1.54) is 11.1 Å². The van der Waals surface area contributed by atoms with Gasteiger partial charge < -0.3 is 15.4 Å². The number of ether oxygens (including phenoxy) is 1. The van der Waals surface area contributed by atoms with Gasteiger partial charge in [0.2, 0.25) is 5.91 Å². The number of carbonyl (C=O) groups is 2. The second kappa shape index (κ2) is 10.6. The van der Waals surface area contributed by atoms with Gasteiger partial charge in [0.1, 0.15) is 6.10 Å². The van der Waals surface area contributed by atoms with Crippen molar-refractivity contribution in [2.45, 2.75) is 19.1 Å². The third-order valence-corrected chi connectivity index (χ3v) is 4.69. The molecule has 2 aromatic carbocycles. The van der Waals surface area contributed by atoms with Gasteiger partial charge in [-0.2, -0.15) is 0 Å². The SMILES string of the molecule is O=C(CNC(=O)C1CN(Cc2ccccc2)CCO1)NCCc1ccccc1. The first kappa shape index (κ1) is 20.0. The zero-order chi connectivity index (χ0) is 19.6. The molecule has 148 valence electrons. The summed E-state index contributed by atoms with van der Waals surface area (Å²) in [5, 5.41) is 5.51. The van der Waals surface area contributed by atoms with E-state index in [9.17, 15) is 9.59 Å². The van der Waals surface area contributed by atoms with Crippen LogP contribution in [-0.2, 0) is 27.3 Å². The first-order valence-corrected chi connectivity index (χ1v) is 9.67. The largest absolute Gasteiger partial charge is 0.366 e. The first-order valence-electron chi connectivity index (χ1n) is 9.67. The summed E-state index contributed by atoms with van der Waals surface area (Å²) in [6.07, 6.45) is 0.218. The fourth-order valence-electron chi connectivity index (χ4n) is 3.18. The summed E-state index contributed by atoms with van der Waals surface area (Å²) in [4.78, 5) is 26.5. The van der Waals surface area contributed by atoms with Crippen LogP contribution in [0.5, 0.6) is 0 Å². The van der Waals surface area contributed by atoms with Gasteiger partial charge in [0.05, 0.1) is 13.2 Å². The zero-order valence-corrected chi connectivity index (χ0v) is 16.0. The van der Waals surface area contributed by atoms with Crippen molar-refractivity contribution in [2.24, 2.45) is 0 Å². The van der Waals surface area contributed by atoms with Gasteiger partial charge in [-0.25, -0.2) is 0 Å². The molecule has 2 aromatic rings. The summed E-state index contributed by atoms with van der Waals surface area (Å²) < 4.78 is 5.59. The number of carbonyl (C=O) groups excluding carboxylic acids is 2. The molecule has 1 saturated heterocycles. The van der Waals surface area contributed by atoms with Crippen LogP contribution in [0, 0.1) is 0 Å². The predicted octanol–water partition coefficient (Wildman–Crippen LogP) is 1.36. The molecule has 0 saturated carbocycles. The Morgan fingerprint density at radius 1 is 0.964 bits per heavy atom. The summed E-state index contributed by atoms with van der Waals surface area (Å²) in [6, 6.07) is 20.1. The molecule has 1 aliphatic rings. The lowest BCUT2D eigenvalue weighted by molar-refractivity contribution is -0.140. The summed E-state index contributed by atoms with van der Waals surface area (Å²) in [5.74, 6) is -0.433.